The van der Waals surface area contributed by atoms with E-state index in [4.69, 9.17) is 0 Å². The Bertz CT molecular complexity index is 758. The molecule has 6 nitrogen and oxygen atoms in total. The Kier molecular flexibility index (Phi) is 3.73. The summed E-state index contributed by atoms with van der Waals surface area (Å²) in [5.74, 6) is -0.0240. The van der Waals surface area contributed by atoms with E-state index in [-0.39, 0.29) is 12.3 Å². The minimum Gasteiger partial charge on any atom is -0.273 e. The molecule has 0 aromatic heterocycles. The normalized spacial score (nSPS) is 26.9. The van der Waals surface area contributed by atoms with E-state index in [1.165, 1.54) is 6.42 Å². The van der Waals surface area contributed by atoms with Crippen LogP contribution in [0.2, 0.25) is 0 Å². The number of rotatable bonds is 4. The maximum atomic E-state index is 12.6. The lowest BCUT2D eigenvalue weighted by molar-refractivity contribution is 0.0664. The van der Waals surface area contributed by atoms with E-state index in [9.17, 15) is 18.0 Å². The van der Waals surface area contributed by atoms with Crippen molar-refractivity contribution in [3.05, 3.63) is 35.4 Å². The maximum Gasteiger partial charge on any atom is 0.261 e. The van der Waals surface area contributed by atoms with Gasteiger partial charge in [-0.25, -0.2) is 12.7 Å². The van der Waals surface area contributed by atoms with Crippen LogP contribution >= 0.6 is 0 Å². The average Bonchev–Trinajstić information content (AvgIpc) is 3.21. The molecule has 1 aromatic rings. The summed E-state index contributed by atoms with van der Waals surface area (Å²) < 4.78 is 26.7. The predicted octanol–water partition coefficient (Wildman–Crippen LogP) is 1.34. The number of amides is 2. The first-order chi connectivity index (χ1) is 11.5. The van der Waals surface area contributed by atoms with Gasteiger partial charge in [0, 0.05) is 19.6 Å². The van der Waals surface area contributed by atoms with Gasteiger partial charge in [-0.1, -0.05) is 18.6 Å². The van der Waals surface area contributed by atoms with Crippen LogP contribution in [0.15, 0.2) is 24.3 Å². The second kappa shape index (κ2) is 5.67. The van der Waals surface area contributed by atoms with Gasteiger partial charge in [0.05, 0.1) is 16.9 Å². The fraction of sp³-hybridized carbons (Fsp3) is 0.529. The third-order valence-corrected chi connectivity index (χ3v) is 7.32. The lowest BCUT2D eigenvalue weighted by Gasteiger charge is -2.19. The number of hydrogen-bond donors (Lipinski definition) is 0. The highest BCUT2D eigenvalue weighted by atomic mass is 32.2. The van der Waals surface area contributed by atoms with Gasteiger partial charge in [0.25, 0.3) is 11.8 Å². The summed E-state index contributed by atoms with van der Waals surface area (Å²) in [7, 11) is -3.44. The van der Waals surface area contributed by atoms with Crippen molar-refractivity contribution in [2.45, 2.75) is 19.3 Å². The first-order valence-corrected chi connectivity index (χ1v) is 10.0. The smallest absolute Gasteiger partial charge is 0.261 e. The Balaban J connectivity index is 1.44. The van der Waals surface area contributed by atoms with Crippen molar-refractivity contribution in [2.75, 3.05) is 25.4 Å². The predicted molar refractivity (Wildman–Crippen MR) is 88.0 cm³/mol. The highest BCUT2D eigenvalue weighted by Crippen LogP contribution is 2.38. The summed E-state index contributed by atoms with van der Waals surface area (Å²) in [6, 6.07) is 6.61. The molecule has 24 heavy (non-hydrogen) atoms. The fourth-order valence-electron chi connectivity index (χ4n) is 4.20. The van der Waals surface area contributed by atoms with Gasteiger partial charge in [-0.05, 0) is 36.8 Å². The zero-order chi connectivity index (χ0) is 16.9. The molecule has 2 amide bonds. The molecule has 0 N–H and O–H groups in total. The molecular formula is C17H20N2O4S. The number of nitrogens with zero attached hydrogens (tertiary/aromatic N) is 2. The van der Waals surface area contributed by atoms with Crippen molar-refractivity contribution < 1.29 is 18.0 Å². The summed E-state index contributed by atoms with van der Waals surface area (Å²) in [5, 5.41) is 0. The van der Waals surface area contributed by atoms with E-state index in [0.29, 0.717) is 36.1 Å². The van der Waals surface area contributed by atoms with Gasteiger partial charge in [-0.15, -0.1) is 0 Å². The molecule has 2 unspecified atom stereocenters. The van der Waals surface area contributed by atoms with Gasteiger partial charge in [0.2, 0.25) is 10.0 Å². The molecule has 1 saturated heterocycles. The highest BCUT2D eigenvalue weighted by Gasteiger charge is 2.42. The SMILES string of the molecule is O=C1c2ccccc2C(=O)N1CCS(=O)(=O)N1CC2CCCC2C1. The number of benzene rings is 1. The van der Waals surface area contributed by atoms with Crippen molar-refractivity contribution in [1.82, 2.24) is 9.21 Å². The second-order valence-electron chi connectivity index (χ2n) is 6.89. The molecule has 7 heteroatoms. The number of carbonyl (C=O) groups is 2. The summed E-state index contributed by atoms with van der Waals surface area (Å²) in [5.41, 5.74) is 0.714. The number of fused-ring (bicyclic) bond motifs is 2. The third-order valence-electron chi connectivity index (χ3n) is 5.54. The Morgan fingerprint density at radius 2 is 1.50 bits per heavy atom. The number of carbonyl (C=O) groups excluding carboxylic acids is 2. The Morgan fingerprint density at radius 3 is 2.04 bits per heavy atom. The van der Waals surface area contributed by atoms with Crippen LogP contribution < -0.4 is 0 Å². The van der Waals surface area contributed by atoms with E-state index < -0.39 is 21.8 Å². The maximum absolute atomic E-state index is 12.6. The van der Waals surface area contributed by atoms with Crippen LogP contribution in [0.1, 0.15) is 40.0 Å². The van der Waals surface area contributed by atoms with E-state index >= 15 is 0 Å². The molecule has 2 atom stereocenters. The van der Waals surface area contributed by atoms with Crippen molar-refractivity contribution in [3.63, 3.8) is 0 Å². The molecule has 3 aliphatic rings. The van der Waals surface area contributed by atoms with Crippen LogP contribution in [-0.4, -0.2) is 54.8 Å². The van der Waals surface area contributed by atoms with Crippen molar-refractivity contribution in [3.8, 4) is 0 Å². The van der Waals surface area contributed by atoms with Crippen LogP contribution in [0.25, 0.3) is 0 Å². The topological polar surface area (TPSA) is 74.8 Å². The van der Waals surface area contributed by atoms with Gasteiger partial charge < -0.3 is 0 Å². The van der Waals surface area contributed by atoms with Crippen LogP contribution in [-0.2, 0) is 10.0 Å². The second-order valence-corrected chi connectivity index (χ2v) is 8.98. The molecule has 1 aromatic carbocycles. The zero-order valence-electron chi connectivity index (χ0n) is 13.3. The van der Waals surface area contributed by atoms with Crippen molar-refractivity contribution in [1.29, 1.82) is 0 Å². The van der Waals surface area contributed by atoms with Gasteiger partial charge in [0.1, 0.15) is 0 Å². The minimum atomic E-state index is -3.44. The quantitative estimate of drug-likeness (QED) is 0.770. The average molecular weight is 348 g/mol. The fourth-order valence-corrected chi connectivity index (χ4v) is 5.71. The lowest BCUT2D eigenvalue weighted by atomic mass is 10.0. The summed E-state index contributed by atoms with van der Waals surface area (Å²) in [4.78, 5) is 25.7. The van der Waals surface area contributed by atoms with E-state index in [1.54, 1.807) is 28.6 Å². The van der Waals surface area contributed by atoms with Gasteiger partial charge >= 0.3 is 0 Å². The molecule has 4 rings (SSSR count). The molecule has 2 fully saturated rings. The number of imide groups is 1. The Hall–Kier alpha value is -1.73. The third kappa shape index (κ3) is 2.46. The molecule has 1 saturated carbocycles. The molecule has 1 aliphatic carbocycles. The first kappa shape index (κ1) is 15.8. The van der Waals surface area contributed by atoms with Crippen LogP contribution in [0.3, 0.4) is 0 Å². The Labute approximate surface area is 141 Å². The summed E-state index contributed by atoms with van der Waals surface area (Å²) >= 11 is 0. The standard InChI is InChI=1S/C17H20N2O4S/c20-16-14-6-1-2-7-15(14)17(21)19(16)8-9-24(22,23)18-10-12-4-3-5-13(12)11-18/h1-2,6-7,12-13H,3-5,8-11H2. The lowest BCUT2D eigenvalue weighted by Crippen LogP contribution is -2.39. The van der Waals surface area contributed by atoms with Gasteiger partial charge in [0.15, 0.2) is 0 Å². The molecule has 2 heterocycles. The Morgan fingerprint density at radius 1 is 0.958 bits per heavy atom. The summed E-state index contributed by atoms with van der Waals surface area (Å²) in [6.45, 7) is 1.10. The van der Waals surface area contributed by atoms with Crippen molar-refractivity contribution in [2.24, 2.45) is 11.8 Å². The molecule has 128 valence electrons. The van der Waals surface area contributed by atoms with Crippen molar-refractivity contribution >= 4 is 21.8 Å². The summed E-state index contributed by atoms with van der Waals surface area (Å²) in [6.07, 6.45) is 3.41. The molecular weight excluding hydrogens is 328 g/mol. The molecule has 0 radical (unpaired) electrons. The van der Waals surface area contributed by atoms with E-state index in [2.05, 4.69) is 0 Å². The van der Waals surface area contributed by atoms with Crippen LogP contribution in [0, 0.1) is 11.8 Å². The number of sulfonamides is 1. The first-order valence-electron chi connectivity index (χ1n) is 8.40. The number of hydrogen-bond acceptors (Lipinski definition) is 4. The molecule has 2 aliphatic heterocycles. The van der Waals surface area contributed by atoms with Gasteiger partial charge in [-0.2, -0.15) is 0 Å². The van der Waals surface area contributed by atoms with Crippen LogP contribution in [0.4, 0.5) is 0 Å². The minimum absolute atomic E-state index is 0.0828. The van der Waals surface area contributed by atoms with Gasteiger partial charge in [-0.3, -0.25) is 14.5 Å². The molecule has 0 spiro atoms. The highest BCUT2D eigenvalue weighted by molar-refractivity contribution is 7.89. The van der Waals surface area contributed by atoms with E-state index in [0.717, 1.165) is 17.7 Å². The van der Waals surface area contributed by atoms with Crippen LogP contribution in [0.5, 0.6) is 0 Å². The monoisotopic (exact) mass is 348 g/mol. The zero-order valence-corrected chi connectivity index (χ0v) is 14.2. The van der Waals surface area contributed by atoms with E-state index in [1.807, 2.05) is 0 Å². The molecule has 0 bridgehead atoms. The largest absolute Gasteiger partial charge is 0.273 e.